The molecule has 1 N–H and O–H groups in total. The fraction of sp³-hybridized carbons (Fsp3) is 0.364. The van der Waals surface area contributed by atoms with Crippen LogP contribution in [-0.2, 0) is 4.74 Å². The zero-order valence-corrected chi connectivity index (χ0v) is 17.5. The molecule has 2 aromatic rings. The zero-order chi connectivity index (χ0) is 19.9. The number of ether oxygens (including phenoxy) is 1. The number of pyridine rings is 1. The second-order valence-electron chi connectivity index (χ2n) is 7.19. The monoisotopic (exact) mass is 397 g/mol. The van der Waals surface area contributed by atoms with E-state index in [-0.39, 0.29) is 11.8 Å². The van der Waals surface area contributed by atoms with Crippen LogP contribution in [0.2, 0.25) is 0 Å². The Hall–Kier alpha value is -2.23. The molecule has 0 saturated carbocycles. The van der Waals surface area contributed by atoms with Gasteiger partial charge < -0.3 is 15.0 Å². The number of nitrogens with one attached hydrogen (secondary N) is 1. The van der Waals surface area contributed by atoms with E-state index in [2.05, 4.69) is 53.0 Å². The summed E-state index contributed by atoms with van der Waals surface area (Å²) in [5, 5.41) is 3.94. The van der Waals surface area contributed by atoms with E-state index >= 15 is 0 Å². The molecule has 0 aliphatic carbocycles. The first-order valence-corrected chi connectivity index (χ1v) is 10.7. The SMILES string of the molecule is C=C(PC(CNC(=O)c1cccnc1)OC)c1ccc(N2CCC(C)C2)cc1. The van der Waals surface area contributed by atoms with E-state index in [1.165, 1.54) is 12.1 Å². The van der Waals surface area contributed by atoms with Gasteiger partial charge in [0, 0.05) is 44.8 Å². The smallest absolute Gasteiger partial charge is 0.252 e. The fourth-order valence-corrected chi connectivity index (χ4v) is 4.34. The molecule has 1 aliphatic heterocycles. The van der Waals surface area contributed by atoms with Gasteiger partial charge in [-0.05, 0) is 47.5 Å². The van der Waals surface area contributed by atoms with Crippen LogP contribution in [-0.4, -0.2) is 43.5 Å². The van der Waals surface area contributed by atoms with Crippen molar-refractivity contribution in [2.45, 2.75) is 19.2 Å². The normalized spacial score (nSPS) is 17.8. The highest BCUT2D eigenvalue weighted by atomic mass is 31.1. The van der Waals surface area contributed by atoms with Crippen LogP contribution in [0.3, 0.4) is 0 Å². The summed E-state index contributed by atoms with van der Waals surface area (Å²) in [5.41, 5.74) is 2.94. The van der Waals surface area contributed by atoms with E-state index in [4.69, 9.17) is 4.74 Å². The standard InChI is InChI=1S/C22H28N3O2P/c1-16-10-12-25(15-16)20-8-6-18(7-9-20)17(2)28-21(27-3)14-24-22(26)19-5-4-11-23-13-19/h4-9,11,13,16,21,28H,2,10,12,14-15H2,1,3H3,(H,24,26). The summed E-state index contributed by atoms with van der Waals surface area (Å²) in [7, 11) is 2.04. The molecule has 1 amide bonds. The predicted octanol–water partition coefficient (Wildman–Crippen LogP) is 3.98. The molecule has 28 heavy (non-hydrogen) atoms. The number of benzene rings is 1. The minimum Gasteiger partial charge on any atom is -0.375 e. The first-order chi connectivity index (χ1) is 13.6. The van der Waals surface area contributed by atoms with Crippen LogP contribution >= 0.6 is 8.58 Å². The number of anilines is 1. The lowest BCUT2D eigenvalue weighted by molar-refractivity contribution is 0.0925. The predicted molar refractivity (Wildman–Crippen MR) is 117 cm³/mol. The van der Waals surface area contributed by atoms with Crippen LogP contribution in [0, 0.1) is 5.92 Å². The number of methoxy groups -OCH3 is 1. The van der Waals surface area contributed by atoms with E-state index in [9.17, 15) is 4.79 Å². The molecule has 3 atom stereocenters. The molecule has 5 nitrogen and oxygen atoms in total. The van der Waals surface area contributed by atoms with Crippen molar-refractivity contribution in [1.82, 2.24) is 10.3 Å². The second-order valence-corrected chi connectivity index (χ2v) is 8.72. The summed E-state index contributed by atoms with van der Waals surface area (Å²) in [6.07, 6.45) is 4.47. The highest BCUT2D eigenvalue weighted by Crippen LogP contribution is 2.37. The Labute approximate surface area is 169 Å². The van der Waals surface area contributed by atoms with Crippen LogP contribution in [0.4, 0.5) is 5.69 Å². The minimum atomic E-state index is -0.144. The van der Waals surface area contributed by atoms with Crippen LogP contribution in [0.5, 0.6) is 0 Å². The van der Waals surface area contributed by atoms with E-state index in [0.29, 0.717) is 20.7 Å². The van der Waals surface area contributed by atoms with Gasteiger partial charge >= 0.3 is 0 Å². The van der Waals surface area contributed by atoms with Crippen molar-refractivity contribution in [2.75, 3.05) is 31.6 Å². The van der Waals surface area contributed by atoms with Gasteiger partial charge in [-0.3, -0.25) is 9.78 Å². The van der Waals surface area contributed by atoms with Gasteiger partial charge in [-0.1, -0.05) is 34.2 Å². The average Bonchev–Trinajstić information content (AvgIpc) is 3.17. The maximum absolute atomic E-state index is 12.2. The van der Waals surface area contributed by atoms with Crippen LogP contribution in [0.1, 0.15) is 29.3 Å². The molecule has 0 spiro atoms. The molecule has 3 rings (SSSR count). The summed E-state index contributed by atoms with van der Waals surface area (Å²) in [6, 6.07) is 12.1. The molecule has 1 aliphatic rings. The molecule has 0 radical (unpaired) electrons. The Kier molecular flexibility index (Phi) is 7.18. The third-order valence-electron chi connectivity index (χ3n) is 5.00. The van der Waals surface area contributed by atoms with Gasteiger partial charge in [-0.15, -0.1) is 0 Å². The molecule has 6 heteroatoms. The largest absolute Gasteiger partial charge is 0.375 e. The van der Waals surface area contributed by atoms with Gasteiger partial charge in [0.05, 0.1) is 11.4 Å². The van der Waals surface area contributed by atoms with Gasteiger partial charge in [0.15, 0.2) is 0 Å². The number of carbonyl (C=O) groups is 1. The van der Waals surface area contributed by atoms with E-state index in [1.807, 2.05) is 0 Å². The maximum Gasteiger partial charge on any atom is 0.252 e. The van der Waals surface area contributed by atoms with Crippen molar-refractivity contribution in [3.05, 3.63) is 66.5 Å². The van der Waals surface area contributed by atoms with Gasteiger partial charge in [-0.25, -0.2) is 0 Å². The van der Waals surface area contributed by atoms with Crippen LogP contribution in [0.15, 0.2) is 55.4 Å². The Bertz CT molecular complexity index is 795. The minimum absolute atomic E-state index is 0.104. The summed E-state index contributed by atoms with van der Waals surface area (Å²) < 4.78 is 5.56. The number of rotatable bonds is 8. The van der Waals surface area contributed by atoms with Gasteiger partial charge in [0.2, 0.25) is 0 Å². The van der Waals surface area contributed by atoms with Gasteiger partial charge in [-0.2, -0.15) is 0 Å². The average molecular weight is 397 g/mol. The first-order valence-electron chi connectivity index (χ1n) is 9.58. The number of amides is 1. The first kappa shape index (κ1) is 20.5. The maximum atomic E-state index is 12.2. The Balaban J connectivity index is 1.52. The summed E-state index contributed by atoms with van der Waals surface area (Å²) in [4.78, 5) is 18.6. The van der Waals surface area contributed by atoms with E-state index in [1.54, 1.807) is 31.6 Å². The van der Waals surface area contributed by atoms with E-state index in [0.717, 1.165) is 29.9 Å². The molecule has 2 heterocycles. The van der Waals surface area contributed by atoms with Gasteiger partial charge in [0.1, 0.15) is 0 Å². The Morgan fingerprint density at radius 1 is 1.36 bits per heavy atom. The Morgan fingerprint density at radius 2 is 2.14 bits per heavy atom. The lowest BCUT2D eigenvalue weighted by Gasteiger charge is -2.20. The van der Waals surface area contributed by atoms with Crippen molar-refractivity contribution in [2.24, 2.45) is 5.92 Å². The quantitative estimate of drug-likeness (QED) is 0.685. The number of nitrogens with zero attached hydrogens (tertiary/aromatic N) is 2. The van der Waals surface area contributed by atoms with Crippen molar-refractivity contribution in [1.29, 1.82) is 0 Å². The second kappa shape index (κ2) is 9.81. The van der Waals surface area contributed by atoms with Crippen molar-refractivity contribution >= 4 is 25.5 Å². The van der Waals surface area contributed by atoms with Crippen molar-refractivity contribution in [3.63, 3.8) is 0 Å². The summed E-state index contributed by atoms with van der Waals surface area (Å²) in [6.45, 7) is 9.23. The molecular formula is C22H28N3O2P. The zero-order valence-electron chi connectivity index (χ0n) is 16.5. The summed E-state index contributed by atoms with van der Waals surface area (Å²) >= 11 is 0. The van der Waals surface area contributed by atoms with Gasteiger partial charge in [0.25, 0.3) is 5.91 Å². The lowest BCUT2D eigenvalue weighted by atomic mass is 10.2. The number of aromatic nitrogens is 1. The third-order valence-corrected chi connectivity index (χ3v) is 6.40. The molecule has 148 valence electrons. The third kappa shape index (κ3) is 5.40. The van der Waals surface area contributed by atoms with Crippen molar-refractivity contribution < 1.29 is 9.53 Å². The topological polar surface area (TPSA) is 54.5 Å². The molecular weight excluding hydrogens is 369 g/mol. The number of hydrogen-bond donors (Lipinski definition) is 1. The lowest BCUT2D eigenvalue weighted by Crippen LogP contribution is -2.31. The highest BCUT2D eigenvalue weighted by molar-refractivity contribution is 7.51. The Morgan fingerprint density at radius 3 is 2.75 bits per heavy atom. The molecule has 3 unspecified atom stereocenters. The summed E-state index contributed by atoms with van der Waals surface area (Å²) in [5.74, 6) is 0.516. The molecule has 0 bridgehead atoms. The van der Waals surface area contributed by atoms with Crippen LogP contribution in [0.25, 0.3) is 5.31 Å². The number of hydrogen-bond acceptors (Lipinski definition) is 4. The molecule has 1 aromatic carbocycles. The number of carbonyl (C=O) groups excluding carboxylic acids is 1. The van der Waals surface area contributed by atoms with Crippen LogP contribution < -0.4 is 10.2 Å². The molecule has 1 aromatic heterocycles. The van der Waals surface area contributed by atoms with Crippen molar-refractivity contribution in [3.8, 4) is 0 Å². The van der Waals surface area contributed by atoms with E-state index < -0.39 is 0 Å². The molecule has 1 saturated heterocycles. The molecule has 1 fully saturated rings. The fourth-order valence-electron chi connectivity index (χ4n) is 3.30. The highest BCUT2D eigenvalue weighted by Gasteiger charge is 2.19.